The molecule has 1 aliphatic rings. The second-order valence-electron chi connectivity index (χ2n) is 7.40. The second-order valence-corrected chi connectivity index (χ2v) is 8.74. The van der Waals surface area contributed by atoms with E-state index >= 15 is 0 Å². The number of halogens is 1. The number of hydrogen-bond acceptors (Lipinski definition) is 7. The maximum absolute atomic E-state index is 11.1. The third-order valence-electron chi connectivity index (χ3n) is 4.77. The van der Waals surface area contributed by atoms with E-state index in [1.807, 2.05) is 19.2 Å². The molecule has 0 atom stereocenters. The Hall–Kier alpha value is -2.13. The Balaban J connectivity index is 1.73. The summed E-state index contributed by atoms with van der Waals surface area (Å²) in [5.74, 6) is 0. The van der Waals surface area contributed by atoms with Crippen LogP contribution in [0.3, 0.4) is 0 Å². The van der Waals surface area contributed by atoms with Gasteiger partial charge in [-0.15, -0.1) is 10.2 Å². The Labute approximate surface area is 173 Å². The van der Waals surface area contributed by atoms with Gasteiger partial charge in [0.05, 0.1) is 0 Å². The first-order valence-electron chi connectivity index (χ1n) is 9.25. The summed E-state index contributed by atoms with van der Waals surface area (Å²) < 4.78 is 0. The first-order chi connectivity index (χ1) is 13.3. The summed E-state index contributed by atoms with van der Waals surface area (Å²) in [6.07, 6.45) is 1.70. The summed E-state index contributed by atoms with van der Waals surface area (Å²) >= 11 is 7.61. The van der Waals surface area contributed by atoms with Crippen LogP contribution >= 0.6 is 22.9 Å². The van der Waals surface area contributed by atoms with E-state index in [9.17, 15) is 4.79 Å². The highest BCUT2D eigenvalue weighted by Crippen LogP contribution is 2.35. The molecule has 0 spiro atoms. The first kappa shape index (κ1) is 20.6. The molecule has 0 bridgehead atoms. The molecule has 1 fully saturated rings. The van der Waals surface area contributed by atoms with Crippen molar-refractivity contribution in [3.63, 3.8) is 0 Å². The number of hydrogen-bond donors (Lipinski definition) is 2. The zero-order valence-electron chi connectivity index (χ0n) is 16.3. The van der Waals surface area contributed by atoms with Crippen LogP contribution in [-0.2, 0) is 11.8 Å². The van der Waals surface area contributed by atoms with Crippen LogP contribution in [0.4, 0.5) is 15.6 Å². The van der Waals surface area contributed by atoms with Gasteiger partial charge in [-0.25, -0.2) is 9.78 Å². The van der Waals surface area contributed by atoms with Crippen molar-refractivity contribution in [2.24, 2.45) is 0 Å². The second kappa shape index (κ2) is 8.48. The number of pyridine rings is 1. The minimum Gasteiger partial charge on any atom is -0.465 e. The van der Waals surface area contributed by atoms with Gasteiger partial charge in [0.1, 0.15) is 10.2 Å². The van der Waals surface area contributed by atoms with Crippen LogP contribution in [0.5, 0.6) is 0 Å². The number of carbonyl (C=O) groups is 1. The minimum absolute atomic E-state index is 0.224. The predicted octanol–water partition coefficient (Wildman–Crippen LogP) is 3.34. The molecule has 28 heavy (non-hydrogen) atoms. The molecule has 1 saturated heterocycles. The Morgan fingerprint density at radius 1 is 1.32 bits per heavy atom. The van der Waals surface area contributed by atoms with Crippen LogP contribution < -0.4 is 10.2 Å². The van der Waals surface area contributed by atoms with Gasteiger partial charge in [0.2, 0.25) is 5.13 Å². The number of rotatable bonds is 6. The fraction of sp³-hybridized carbons (Fsp3) is 0.556. The van der Waals surface area contributed by atoms with Gasteiger partial charge in [-0.05, 0) is 25.0 Å². The van der Waals surface area contributed by atoms with E-state index in [4.69, 9.17) is 16.7 Å². The highest BCUT2D eigenvalue weighted by molar-refractivity contribution is 7.15. The molecular weight excluding hydrogens is 400 g/mol. The van der Waals surface area contributed by atoms with Crippen LogP contribution in [-0.4, -0.2) is 64.0 Å². The van der Waals surface area contributed by atoms with Crippen molar-refractivity contribution in [2.45, 2.75) is 32.6 Å². The lowest BCUT2D eigenvalue weighted by atomic mass is 9.86. The molecule has 3 rings (SSSR count). The number of amides is 1. The van der Waals surface area contributed by atoms with Crippen molar-refractivity contribution in [3.05, 3.63) is 28.0 Å². The molecule has 8 nitrogen and oxygen atoms in total. The molecule has 2 N–H and O–H groups in total. The van der Waals surface area contributed by atoms with Crippen LogP contribution in [0.2, 0.25) is 5.15 Å². The van der Waals surface area contributed by atoms with Gasteiger partial charge in [-0.2, -0.15) is 0 Å². The lowest BCUT2D eigenvalue weighted by Gasteiger charge is -2.32. The van der Waals surface area contributed by atoms with E-state index in [-0.39, 0.29) is 5.41 Å². The number of nitrogens with zero attached hydrogens (tertiary/aromatic N) is 5. The molecule has 3 heterocycles. The number of carboxylic acid groups (broad SMARTS) is 1. The third kappa shape index (κ3) is 4.64. The Morgan fingerprint density at radius 2 is 2.04 bits per heavy atom. The van der Waals surface area contributed by atoms with E-state index in [1.165, 1.54) is 4.90 Å². The number of anilines is 2. The van der Waals surface area contributed by atoms with E-state index in [2.05, 4.69) is 39.2 Å². The third-order valence-corrected chi connectivity index (χ3v) is 6.32. The van der Waals surface area contributed by atoms with Crippen molar-refractivity contribution >= 4 is 39.8 Å². The van der Waals surface area contributed by atoms with E-state index < -0.39 is 6.09 Å². The maximum atomic E-state index is 11.1. The van der Waals surface area contributed by atoms with Crippen molar-refractivity contribution in [1.82, 2.24) is 20.1 Å². The maximum Gasteiger partial charge on any atom is 0.407 e. The van der Waals surface area contributed by atoms with Crippen molar-refractivity contribution in [1.29, 1.82) is 0 Å². The summed E-state index contributed by atoms with van der Waals surface area (Å²) in [4.78, 5) is 18.8. The lowest BCUT2D eigenvalue weighted by molar-refractivity contribution is 0.142. The number of nitrogens with one attached hydrogen (secondary N) is 1. The zero-order chi connectivity index (χ0) is 20.3. The average molecular weight is 425 g/mol. The largest absolute Gasteiger partial charge is 0.465 e. The SMILES string of the molecule is CCNc1cc(Cl)ncc1CC(C)(C)c1nnc(N2CCN(C(=O)O)CC2)s1. The molecule has 0 saturated carbocycles. The van der Waals surface area contributed by atoms with Crippen molar-refractivity contribution < 1.29 is 9.90 Å². The predicted molar refractivity (Wildman–Crippen MR) is 112 cm³/mol. The molecule has 10 heteroatoms. The highest BCUT2D eigenvalue weighted by Gasteiger charge is 2.29. The lowest BCUT2D eigenvalue weighted by Crippen LogP contribution is -2.48. The van der Waals surface area contributed by atoms with Gasteiger partial charge < -0.3 is 20.2 Å². The molecule has 0 aliphatic carbocycles. The molecule has 0 radical (unpaired) electrons. The Bertz CT molecular complexity index is 835. The molecule has 0 aromatic carbocycles. The normalized spacial score (nSPS) is 15.0. The minimum atomic E-state index is -0.869. The fourth-order valence-electron chi connectivity index (χ4n) is 3.21. The number of piperazine rings is 1. The fourth-order valence-corrected chi connectivity index (χ4v) is 4.37. The zero-order valence-corrected chi connectivity index (χ0v) is 17.8. The summed E-state index contributed by atoms with van der Waals surface area (Å²) in [7, 11) is 0. The monoisotopic (exact) mass is 424 g/mol. The van der Waals surface area contributed by atoms with Crippen LogP contribution in [0.15, 0.2) is 12.3 Å². The van der Waals surface area contributed by atoms with Gasteiger partial charge in [0.15, 0.2) is 0 Å². The van der Waals surface area contributed by atoms with Crippen molar-refractivity contribution in [2.75, 3.05) is 42.9 Å². The molecule has 152 valence electrons. The molecule has 2 aromatic heterocycles. The highest BCUT2D eigenvalue weighted by atomic mass is 35.5. The summed E-state index contributed by atoms with van der Waals surface area (Å²) in [6.45, 7) is 9.36. The topological polar surface area (TPSA) is 94.5 Å². The van der Waals surface area contributed by atoms with E-state index in [0.29, 0.717) is 31.3 Å². The molecule has 2 aromatic rings. The standard InChI is InChI=1S/C18H25ClN6O2S/c1-4-20-13-9-14(19)21-11-12(13)10-18(2,3)15-22-23-16(28-15)24-5-7-25(8-6-24)17(26)27/h9,11H,4-8,10H2,1-3H3,(H,20,21)(H,26,27). The number of aromatic nitrogens is 3. The molecule has 0 unspecified atom stereocenters. The summed E-state index contributed by atoms with van der Waals surface area (Å²) in [5.41, 5.74) is 1.85. The van der Waals surface area contributed by atoms with Crippen LogP contribution in [0.1, 0.15) is 31.3 Å². The quantitative estimate of drug-likeness (QED) is 0.686. The van der Waals surface area contributed by atoms with Gasteiger partial charge in [-0.1, -0.05) is 36.8 Å². The molecule has 1 aliphatic heterocycles. The van der Waals surface area contributed by atoms with Crippen molar-refractivity contribution in [3.8, 4) is 0 Å². The average Bonchev–Trinajstić information content (AvgIpc) is 3.15. The van der Waals surface area contributed by atoms with Gasteiger partial charge >= 0.3 is 6.09 Å². The summed E-state index contributed by atoms with van der Waals surface area (Å²) in [5, 5.41) is 23.5. The smallest absolute Gasteiger partial charge is 0.407 e. The van der Waals surface area contributed by atoms with Gasteiger partial charge in [0.25, 0.3) is 0 Å². The molecular formula is C18H25ClN6O2S. The van der Waals surface area contributed by atoms with Gasteiger partial charge in [-0.3, -0.25) is 0 Å². The van der Waals surface area contributed by atoms with E-state index in [0.717, 1.165) is 34.4 Å². The van der Waals surface area contributed by atoms with E-state index in [1.54, 1.807) is 11.3 Å². The van der Waals surface area contributed by atoms with Gasteiger partial charge in [0, 0.05) is 50.0 Å². The Morgan fingerprint density at radius 3 is 2.68 bits per heavy atom. The van der Waals surface area contributed by atoms with Crippen LogP contribution in [0.25, 0.3) is 0 Å². The summed E-state index contributed by atoms with van der Waals surface area (Å²) in [6, 6.07) is 1.85. The first-order valence-corrected chi connectivity index (χ1v) is 10.4. The Kier molecular flexibility index (Phi) is 6.24. The molecule has 1 amide bonds. The van der Waals surface area contributed by atoms with Crippen LogP contribution in [0, 0.1) is 0 Å².